The first-order valence-electron chi connectivity index (χ1n) is 12.4. The Kier molecular flexibility index (Phi) is 6.57. The predicted molar refractivity (Wildman–Crippen MR) is 137 cm³/mol. The number of rotatable bonds is 8. The highest BCUT2D eigenvalue weighted by atomic mass is 16.5. The number of fused-ring (bicyclic) bond motifs is 2. The summed E-state index contributed by atoms with van der Waals surface area (Å²) in [6.07, 6.45) is 2.13. The molecular formula is C28H29N5O4. The summed E-state index contributed by atoms with van der Waals surface area (Å²) in [5.74, 6) is -1.08. The van der Waals surface area contributed by atoms with Crippen LogP contribution in [-0.2, 0) is 22.4 Å². The highest BCUT2D eigenvalue weighted by molar-refractivity contribution is 6.01. The molecule has 1 saturated heterocycles. The third-order valence-corrected chi connectivity index (χ3v) is 7.55. The van der Waals surface area contributed by atoms with Crippen LogP contribution in [0.4, 0.5) is 0 Å². The number of primary amides is 1. The zero-order chi connectivity index (χ0) is 26.1. The lowest BCUT2D eigenvalue weighted by Crippen LogP contribution is -2.44. The monoisotopic (exact) mass is 499 g/mol. The minimum absolute atomic E-state index is 0.100. The van der Waals surface area contributed by atoms with Gasteiger partial charge in [0.2, 0.25) is 11.8 Å². The molecule has 3 amide bonds. The molecule has 9 heteroatoms. The Labute approximate surface area is 214 Å². The van der Waals surface area contributed by atoms with Crippen LogP contribution in [0.2, 0.25) is 0 Å². The molecule has 2 aliphatic rings. The standard InChI is InChI=1S/C28H29N5O4/c1-37-24-8-4-7-22-21(24)14-23(26(30)34)33(22)25(19-11-16-5-2-3-6-17(16)12-19)28(36)32-20(15-29)13-18-9-10-31-27(18)35/h2-8,14,18-20,25H,9-13H2,1H3,(H2,30,34)(H,31,35)(H,32,36)/t18-,20-,25-/m0/s1. The van der Waals surface area contributed by atoms with Crippen molar-refractivity contribution in [2.75, 3.05) is 13.7 Å². The molecule has 4 N–H and O–H groups in total. The van der Waals surface area contributed by atoms with Gasteiger partial charge >= 0.3 is 0 Å². The van der Waals surface area contributed by atoms with E-state index in [-0.39, 0.29) is 35.8 Å². The molecule has 0 bridgehead atoms. The van der Waals surface area contributed by atoms with Gasteiger partial charge in [-0.05, 0) is 60.9 Å². The van der Waals surface area contributed by atoms with Crippen LogP contribution in [0, 0.1) is 23.2 Å². The summed E-state index contributed by atoms with van der Waals surface area (Å²) in [5.41, 5.74) is 8.96. The van der Waals surface area contributed by atoms with Crippen LogP contribution in [0.1, 0.15) is 40.5 Å². The van der Waals surface area contributed by atoms with Gasteiger partial charge in [0.05, 0.1) is 18.7 Å². The molecule has 0 saturated carbocycles. The van der Waals surface area contributed by atoms with Crippen LogP contribution in [-0.4, -0.2) is 42.0 Å². The fourth-order valence-electron chi connectivity index (χ4n) is 5.80. The number of carbonyl (C=O) groups is 3. The topological polar surface area (TPSA) is 139 Å². The van der Waals surface area contributed by atoms with Crippen LogP contribution in [0.15, 0.2) is 48.5 Å². The van der Waals surface area contributed by atoms with E-state index < -0.39 is 18.0 Å². The molecule has 0 spiro atoms. The van der Waals surface area contributed by atoms with Crippen molar-refractivity contribution in [3.05, 3.63) is 65.4 Å². The number of ether oxygens (including phenoxy) is 1. The summed E-state index contributed by atoms with van der Waals surface area (Å²) < 4.78 is 7.21. The maximum absolute atomic E-state index is 14.0. The Bertz CT molecular complexity index is 1400. The van der Waals surface area contributed by atoms with Crippen molar-refractivity contribution in [3.8, 4) is 11.8 Å². The van der Waals surface area contributed by atoms with E-state index in [1.807, 2.05) is 30.3 Å². The molecule has 3 atom stereocenters. The number of hydrogen-bond acceptors (Lipinski definition) is 5. The molecule has 1 fully saturated rings. The number of nitrogens with zero attached hydrogens (tertiary/aromatic N) is 2. The minimum Gasteiger partial charge on any atom is -0.496 e. The molecule has 0 radical (unpaired) electrons. The van der Waals surface area contributed by atoms with Crippen molar-refractivity contribution in [2.24, 2.45) is 17.6 Å². The molecule has 1 aromatic heterocycles. The summed E-state index contributed by atoms with van der Waals surface area (Å²) in [7, 11) is 1.55. The molecule has 1 aliphatic heterocycles. The largest absolute Gasteiger partial charge is 0.496 e. The van der Waals surface area contributed by atoms with Gasteiger partial charge < -0.3 is 25.7 Å². The average Bonchev–Trinajstić information content (AvgIpc) is 3.61. The van der Waals surface area contributed by atoms with Gasteiger partial charge in [-0.15, -0.1) is 0 Å². The van der Waals surface area contributed by atoms with Gasteiger partial charge in [0.25, 0.3) is 5.91 Å². The summed E-state index contributed by atoms with van der Waals surface area (Å²) in [4.78, 5) is 38.7. The molecule has 3 aromatic rings. The zero-order valence-electron chi connectivity index (χ0n) is 20.6. The second-order valence-corrected chi connectivity index (χ2v) is 9.74. The number of nitriles is 1. The second-order valence-electron chi connectivity index (χ2n) is 9.74. The number of benzene rings is 2. The van der Waals surface area contributed by atoms with Crippen LogP contribution in [0.5, 0.6) is 5.75 Å². The van der Waals surface area contributed by atoms with Gasteiger partial charge in [0.1, 0.15) is 23.5 Å². The van der Waals surface area contributed by atoms with Crippen LogP contribution >= 0.6 is 0 Å². The van der Waals surface area contributed by atoms with E-state index in [9.17, 15) is 19.6 Å². The third kappa shape index (κ3) is 4.51. The molecule has 9 nitrogen and oxygen atoms in total. The van der Waals surface area contributed by atoms with Crippen molar-refractivity contribution in [3.63, 3.8) is 0 Å². The van der Waals surface area contributed by atoms with E-state index in [1.54, 1.807) is 29.9 Å². The first-order valence-corrected chi connectivity index (χ1v) is 12.4. The number of methoxy groups -OCH3 is 1. The fraction of sp³-hybridized carbons (Fsp3) is 0.357. The van der Waals surface area contributed by atoms with Gasteiger partial charge in [-0.3, -0.25) is 14.4 Å². The molecule has 2 aromatic carbocycles. The lowest BCUT2D eigenvalue weighted by atomic mass is 9.93. The summed E-state index contributed by atoms with van der Waals surface area (Å²) >= 11 is 0. The van der Waals surface area contributed by atoms with Gasteiger partial charge in [0.15, 0.2) is 0 Å². The normalized spacial score (nSPS) is 18.6. The lowest BCUT2D eigenvalue weighted by molar-refractivity contribution is -0.127. The smallest absolute Gasteiger partial charge is 0.265 e. The van der Waals surface area contributed by atoms with Crippen molar-refractivity contribution >= 4 is 28.6 Å². The van der Waals surface area contributed by atoms with Crippen LogP contribution in [0.3, 0.4) is 0 Å². The average molecular weight is 500 g/mol. The second kappa shape index (κ2) is 9.97. The SMILES string of the molecule is COc1cccc2c1cc(C(N)=O)n2[C@H](C(=O)N[C@H](C#N)C[C@@H]1CCNC1=O)C1Cc2ccccc2C1. The van der Waals surface area contributed by atoms with Crippen molar-refractivity contribution in [1.29, 1.82) is 5.26 Å². The molecule has 1 aliphatic carbocycles. The predicted octanol–water partition coefficient (Wildman–Crippen LogP) is 2.24. The number of hydrogen-bond donors (Lipinski definition) is 3. The van der Waals surface area contributed by atoms with E-state index in [0.717, 1.165) is 11.1 Å². The minimum atomic E-state index is -0.846. The first-order chi connectivity index (χ1) is 17.9. The van der Waals surface area contributed by atoms with E-state index in [0.29, 0.717) is 42.5 Å². The Morgan fingerprint density at radius 1 is 1.22 bits per heavy atom. The summed E-state index contributed by atoms with van der Waals surface area (Å²) in [5, 5.41) is 16.2. The number of nitrogens with one attached hydrogen (secondary N) is 2. The van der Waals surface area contributed by atoms with Crippen LogP contribution < -0.4 is 21.1 Å². The number of nitrogens with two attached hydrogens (primary N) is 1. The van der Waals surface area contributed by atoms with Crippen LogP contribution in [0.25, 0.3) is 10.9 Å². The molecule has 37 heavy (non-hydrogen) atoms. The van der Waals surface area contributed by atoms with Crippen molar-refractivity contribution in [2.45, 2.75) is 37.8 Å². The fourth-order valence-corrected chi connectivity index (χ4v) is 5.80. The summed E-state index contributed by atoms with van der Waals surface area (Å²) in [6.45, 7) is 0.567. The quantitative estimate of drug-likeness (QED) is 0.436. The Morgan fingerprint density at radius 2 is 1.95 bits per heavy atom. The Morgan fingerprint density at radius 3 is 2.54 bits per heavy atom. The van der Waals surface area contributed by atoms with Gasteiger partial charge in [0, 0.05) is 17.8 Å². The number of amides is 3. The lowest BCUT2D eigenvalue weighted by Gasteiger charge is -2.28. The third-order valence-electron chi connectivity index (χ3n) is 7.55. The maximum Gasteiger partial charge on any atom is 0.265 e. The van der Waals surface area contributed by atoms with Crippen molar-refractivity contribution in [1.82, 2.24) is 15.2 Å². The van der Waals surface area contributed by atoms with Gasteiger partial charge in [-0.25, -0.2) is 0 Å². The molecule has 5 rings (SSSR count). The van der Waals surface area contributed by atoms with Gasteiger partial charge in [-0.1, -0.05) is 30.3 Å². The highest BCUT2D eigenvalue weighted by Crippen LogP contribution is 2.39. The maximum atomic E-state index is 14.0. The van der Waals surface area contributed by atoms with E-state index in [2.05, 4.69) is 16.7 Å². The molecule has 2 heterocycles. The van der Waals surface area contributed by atoms with Gasteiger partial charge in [-0.2, -0.15) is 5.26 Å². The first kappa shape index (κ1) is 24.4. The zero-order valence-corrected chi connectivity index (χ0v) is 20.6. The van der Waals surface area contributed by atoms with Crippen molar-refractivity contribution < 1.29 is 19.1 Å². The summed E-state index contributed by atoms with van der Waals surface area (Å²) in [6, 6.07) is 15.6. The molecule has 0 unspecified atom stereocenters. The number of carbonyl (C=O) groups excluding carboxylic acids is 3. The Hall–Kier alpha value is -4.32. The van der Waals surface area contributed by atoms with E-state index >= 15 is 0 Å². The Balaban J connectivity index is 1.56. The van der Waals surface area contributed by atoms with E-state index in [4.69, 9.17) is 10.5 Å². The molecule has 190 valence electrons. The van der Waals surface area contributed by atoms with E-state index in [1.165, 1.54) is 0 Å². The number of aromatic nitrogens is 1. The molecular weight excluding hydrogens is 470 g/mol. The highest BCUT2D eigenvalue weighted by Gasteiger charge is 2.38.